The van der Waals surface area contributed by atoms with Crippen LogP contribution in [-0.4, -0.2) is 49.5 Å². The van der Waals surface area contributed by atoms with Crippen molar-refractivity contribution in [1.82, 2.24) is 4.90 Å². The first-order chi connectivity index (χ1) is 17.6. The van der Waals surface area contributed by atoms with E-state index in [9.17, 15) is 9.18 Å². The first kappa shape index (κ1) is 22.8. The van der Waals surface area contributed by atoms with Crippen LogP contribution in [-0.2, 0) is 9.47 Å². The van der Waals surface area contributed by atoms with Crippen LogP contribution in [0.3, 0.4) is 0 Å². The molecule has 1 aliphatic carbocycles. The molecule has 5 nitrogen and oxygen atoms in total. The molecule has 36 heavy (non-hydrogen) atoms. The Morgan fingerprint density at radius 3 is 2.42 bits per heavy atom. The quantitative estimate of drug-likeness (QED) is 0.443. The van der Waals surface area contributed by atoms with Gasteiger partial charge >= 0.3 is 6.09 Å². The summed E-state index contributed by atoms with van der Waals surface area (Å²) in [6, 6.07) is 20.7. The van der Waals surface area contributed by atoms with Crippen LogP contribution in [0.2, 0.25) is 0 Å². The average Bonchev–Trinajstić information content (AvgIpc) is 3.21. The van der Waals surface area contributed by atoms with E-state index in [0.717, 1.165) is 11.1 Å². The Morgan fingerprint density at radius 2 is 1.72 bits per heavy atom. The first-order valence-electron chi connectivity index (χ1n) is 12.5. The average molecular weight is 486 g/mol. The number of hydrogen-bond donors (Lipinski definition) is 0. The third-order valence-electron chi connectivity index (χ3n) is 7.33. The van der Waals surface area contributed by atoms with Gasteiger partial charge in [0.1, 0.15) is 18.2 Å². The number of halogens is 1. The summed E-state index contributed by atoms with van der Waals surface area (Å²) in [5.74, 6) is 0.350. The van der Waals surface area contributed by atoms with Crippen LogP contribution in [0.1, 0.15) is 36.0 Å². The lowest BCUT2D eigenvalue weighted by molar-refractivity contribution is -0.0331. The molecule has 2 unspecified atom stereocenters. The minimum absolute atomic E-state index is 0.00868. The molecule has 0 spiro atoms. The highest BCUT2D eigenvalue weighted by molar-refractivity contribution is 5.80. The topological polar surface area (TPSA) is 48.0 Å². The molecule has 2 atom stereocenters. The molecule has 3 aromatic rings. The molecule has 6 heteroatoms. The number of nitrogens with zero attached hydrogens (tertiary/aromatic N) is 1. The minimum atomic E-state index is -0.338. The number of carbonyl (C=O) groups excluding carboxylic acids is 1. The Kier molecular flexibility index (Phi) is 5.97. The molecule has 1 fully saturated rings. The summed E-state index contributed by atoms with van der Waals surface area (Å²) in [4.78, 5) is 15.2. The normalized spacial score (nSPS) is 20.4. The van der Waals surface area contributed by atoms with E-state index >= 15 is 0 Å². The van der Waals surface area contributed by atoms with Crippen molar-refractivity contribution in [2.24, 2.45) is 0 Å². The molecular weight excluding hydrogens is 457 g/mol. The van der Waals surface area contributed by atoms with Gasteiger partial charge in [0.05, 0.1) is 31.9 Å². The Hall–Kier alpha value is -3.64. The molecule has 0 radical (unpaired) electrons. The minimum Gasteiger partial charge on any atom is -0.493 e. The third kappa shape index (κ3) is 3.95. The fourth-order valence-electron chi connectivity index (χ4n) is 5.78. The van der Waals surface area contributed by atoms with Crippen LogP contribution in [0.25, 0.3) is 16.7 Å². The van der Waals surface area contributed by atoms with E-state index in [4.69, 9.17) is 14.2 Å². The van der Waals surface area contributed by atoms with Crippen molar-refractivity contribution in [1.29, 1.82) is 0 Å². The molecule has 184 valence electrons. The number of rotatable bonds is 5. The fraction of sp³-hybridized carbons (Fsp3) is 0.300. The van der Waals surface area contributed by atoms with Gasteiger partial charge in [-0.2, -0.15) is 0 Å². The van der Waals surface area contributed by atoms with Crippen molar-refractivity contribution >= 4 is 11.7 Å². The van der Waals surface area contributed by atoms with Gasteiger partial charge in [-0.25, -0.2) is 9.18 Å². The van der Waals surface area contributed by atoms with E-state index in [1.807, 2.05) is 37.3 Å². The number of hydrogen-bond acceptors (Lipinski definition) is 4. The molecule has 0 saturated carbocycles. The molecule has 3 aromatic carbocycles. The summed E-state index contributed by atoms with van der Waals surface area (Å²) in [5, 5.41) is 0. The molecule has 2 heterocycles. The molecule has 1 amide bonds. The first-order valence-corrected chi connectivity index (χ1v) is 12.5. The van der Waals surface area contributed by atoms with Crippen molar-refractivity contribution in [2.75, 3.05) is 26.4 Å². The summed E-state index contributed by atoms with van der Waals surface area (Å²) in [6.45, 7) is 3.47. The zero-order valence-electron chi connectivity index (χ0n) is 20.2. The van der Waals surface area contributed by atoms with E-state index in [1.165, 1.54) is 34.4 Å². The fourth-order valence-corrected chi connectivity index (χ4v) is 5.78. The molecule has 3 aliphatic rings. The van der Waals surface area contributed by atoms with Crippen molar-refractivity contribution in [3.05, 3.63) is 95.3 Å². The van der Waals surface area contributed by atoms with E-state index < -0.39 is 0 Å². The summed E-state index contributed by atoms with van der Waals surface area (Å²) < 4.78 is 31.6. The Morgan fingerprint density at radius 1 is 1.00 bits per heavy atom. The standard InChI is InChI=1S/C30H28FNO4/c1-2-35-29-12-11-20(31)15-27(29)19-13-21-16-34-17-22(14-19)32(21)30(33)36-18-28-25-9-5-3-7-23(25)24-8-4-6-10-26(24)28/h3-13,15,21-22,28H,2,14,16-18H2,1H3. The highest BCUT2D eigenvalue weighted by atomic mass is 19.1. The molecule has 1 saturated heterocycles. The van der Waals surface area contributed by atoms with Crippen LogP contribution in [0.5, 0.6) is 5.75 Å². The van der Waals surface area contributed by atoms with Gasteiger partial charge in [-0.05, 0) is 59.4 Å². The lowest BCUT2D eigenvalue weighted by atomic mass is 9.89. The van der Waals surface area contributed by atoms with Crippen molar-refractivity contribution < 1.29 is 23.4 Å². The molecule has 6 rings (SSSR count). The van der Waals surface area contributed by atoms with Crippen LogP contribution in [0, 0.1) is 5.82 Å². The smallest absolute Gasteiger partial charge is 0.410 e. The van der Waals surface area contributed by atoms with E-state index in [2.05, 4.69) is 24.3 Å². The summed E-state index contributed by atoms with van der Waals surface area (Å²) in [6.07, 6.45) is 2.20. The summed E-state index contributed by atoms with van der Waals surface area (Å²) in [5.41, 5.74) is 6.48. The van der Waals surface area contributed by atoms with Gasteiger partial charge in [-0.3, -0.25) is 4.90 Å². The van der Waals surface area contributed by atoms with Gasteiger partial charge in [0, 0.05) is 11.5 Å². The SMILES string of the molecule is CCOc1ccc(F)cc1C1=CC2COCC(C1)N2C(=O)OCC1c2ccccc2-c2ccccc21. The molecule has 2 bridgehead atoms. The number of ether oxygens (including phenoxy) is 3. The second kappa shape index (κ2) is 9.43. The predicted octanol–water partition coefficient (Wildman–Crippen LogP) is 6.03. The summed E-state index contributed by atoms with van der Waals surface area (Å²) in [7, 11) is 0. The Labute approximate surface area is 210 Å². The van der Waals surface area contributed by atoms with Crippen molar-refractivity contribution in [3.8, 4) is 16.9 Å². The van der Waals surface area contributed by atoms with E-state index in [-0.39, 0.29) is 36.5 Å². The molecule has 0 aromatic heterocycles. The molecule has 0 N–H and O–H groups in total. The highest BCUT2D eigenvalue weighted by Crippen LogP contribution is 2.45. The van der Waals surface area contributed by atoms with E-state index in [0.29, 0.717) is 32.0 Å². The van der Waals surface area contributed by atoms with Gasteiger partial charge in [0.2, 0.25) is 0 Å². The monoisotopic (exact) mass is 485 g/mol. The lowest BCUT2D eigenvalue weighted by Gasteiger charge is -2.44. The van der Waals surface area contributed by atoms with Gasteiger partial charge in [-0.1, -0.05) is 54.6 Å². The maximum absolute atomic E-state index is 14.1. The molecule has 2 aliphatic heterocycles. The second-order valence-corrected chi connectivity index (χ2v) is 9.44. The highest BCUT2D eigenvalue weighted by Gasteiger charge is 2.40. The third-order valence-corrected chi connectivity index (χ3v) is 7.33. The number of benzene rings is 3. The summed E-state index contributed by atoms with van der Waals surface area (Å²) >= 11 is 0. The van der Waals surface area contributed by atoms with Crippen LogP contribution >= 0.6 is 0 Å². The maximum atomic E-state index is 14.1. The van der Waals surface area contributed by atoms with Crippen LogP contribution < -0.4 is 4.74 Å². The Bertz CT molecular complexity index is 1290. The predicted molar refractivity (Wildman–Crippen MR) is 135 cm³/mol. The number of amides is 1. The number of morpholine rings is 1. The zero-order valence-corrected chi connectivity index (χ0v) is 20.2. The van der Waals surface area contributed by atoms with Crippen molar-refractivity contribution in [2.45, 2.75) is 31.3 Å². The van der Waals surface area contributed by atoms with Gasteiger partial charge in [-0.15, -0.1) is 0 Å². The van der Waals surface area contributed by atoms with Crippen molar-refractivity contribution in [3.63, 3.8) is 0 Å². The van der Waals surface area contributed by atoms with Crippen LogP contribution in [0.15, 0.2) is 72.8 Å². The van der Waals surface area contributed by atoms with Gasteiger partial charge < -0.3 is 14.2 Å². The lowest BCUT2D eigenvalue weighted by Crippen LogP contribution is -2.56. The number of fused-ring (bicyclic) bond motifs is 5. The Balaban J connectivity index is 1.23. The van der Waals surface area contributed by atoms with Crippen LogP contribution in [0.4, 0.5) is 9.18 Å². The largest absolute Gasteiger partial charge is 0.493 e. The zero-order chi connectivity index (χ0) is 24.6. The van der Waals surface area contributed by atoms with Gasteiger partial charge in [0.25, 0.3) is 0 Å². The molecular formula is C30H28FNO4. The number of carbonyl (C=O) groups is 1. The van der Waals surface area contributed by atoms with Gasteiger partial charge in [0.15, 0.2) is 0 Å². The maximum Gasteiger partial charge on any atom is 0.410 e. The van der Waals surface area contributed by atoms with E-state index in [1.54, 1.807) is 11.0 Å². The second-order valence-electron chi connectivity index (χ2n) is 9.44.